The number of amides is 1. The molecule has 4 rings (SSSR count). The number of hydrogen-bond acceptors (Lipinski definition) is 5. The average molecular weight is 405 g/mol. The highest BCUT2D eigenvalue weighted by molar-refractivity contribution is 7.89. The summed E-state index contributed by atoms with van der Waals surface area (Å²) in [6.45, 7) is 4.82. The average Bonchev–Trinajstić information content (AvgIpc) is 3.27. The Labute approximate surface area is 161 Å². The third kappa shape index (κ3) is 3.15. The van der Waals surface area contributed by atoms with Gasteiger partial charge in [0.1, 0.15) is 10.5 Å². The van der Waals surface area contributed by atoms with Crippen LogP contribution in [0.4, 0.5) is 0 Å². The molecule has 1 atom stereocenters. The number of carbonyl (C=O) groups is 1. The van der Waals surface area contributed by atoms with Crippen LogP contribution < -0.4 is 0 Å². The van der Waals surface area contributed by atoms with Crippen molar-refractivity contribution in [1.29, 1.82) is 0 Å². The number of thiophene rings is 1. The summed E-state index contributed by atoms with van der Waals surface area (Å²) < 4.78 is 27.9. The summed E-state index contributed by atoms with van der Waals surface area (Å²) in [7, 11) is -3.68. The predicted octanol–water partition coefficient (Wildman–Crippen LogP) is 2.47. The molecule has 4 heterocycles. The molecule has 1 aliphatic heterocycles. The summed E-state index contributed by atoms with van der Waals surface area (Å²) in [5.41, 5.74) is 0.547. The van der Waals surface area contributed by atoms with Gasteiger partial charge < -0.3 is 9.88 Å². The lowest BCUT2D eigenvalue weighted by atomic mass is 10.2. The summed E-state index contributed by atoms with van der Waals surface area (Å²) in [6.07, 6.45) is 3.11. The number of nitrogens with zero attached hydrogens (tertiary/aromatic N) is 3. The number of H-pyrrole nitrogens is 1. The second-order valence-corrected chi connectivity index (χ2v) is 9.83. The zero-order valence-corrected chi connectivity index (χ0v) is 16.7. The van der Waals surface area contributed by atoms with Crippen LogP contribution in [0.1, 0.15) is 21.5 Å². The summed E-state index contributed by atoms with van der Waals surface area (Å²) in [6, 6.07) is 6.91. The van der Waals surface area contributed by atoms with Crippen LogP contribution in [-0.4, -0.2) is 59.2 Å². The first kappa shape index (κ1) is 18.1. The molecule has 1 amide bonds. The van der Waals surface area contributed by atoms with Gasteiger partial charge in [-0.1, -0.05) is 0 Å². The second kappa shape index (κ2) is 6.74. The Balaban J connectivity index is 1.57. The van der Waals surface area contributed by atoms with Crippen molar-refractivity contribution in [2.75, 3.05) is 19.6 Å². The van der Waals surface area contributed by atoms with E-state index in [-0.39, 0.29) is 23.4 Å². The number of nitrogens with one attached hydrogen (secondary N) is 1. The molecule has 9 heteroatoms. The highest BCUT2D eigenvalue weighted by Crippen LogP contribution is 2.28. The summed E-state index contributed by atoms with van der Waals surface area (Å²) >= 11 is 1.46. The quantitative estimate of drug-likeness (QED) is 0.727. The third-order valence-electron chi connectivity index (χ3n) is 4.80. The zero-order valence-electron chi connectivity index (χ0n) is 15.0. The van der Waals surface area contributed by atoms with Crippen molar-refractivity contribution in [3.63, 3.8) is 0 Å². The first-order valence-corrected chi connectivity index (χ1v) is 10.9. The van der Waals surface area contributed by atoms with Crippen molar-refractivity contribution >= 4 is 38.3 Å². The van der Waals surface area contributed by atoms with E-state index in [2.05, 4.69) is 9.97 Å². The van der Waals surface area contributed by atoms with Crippen molar-refractivity contribution in [2.45, 2.75) is 24.8 Å². The fraction of sp³-hybridized carbons (Fsp3) is 0.333. The Morgan fingerprint density at radius 1 is 1.30 bits per heavy atom. The van der Waals surface area contributed by atoms with Gasteiger partial charge in [0.25, 0.3) is 5.91 Å². The molecule has 3 aromatic rings. The number of pyridine rings is 1. The summed E-state index contributed by atoms with van der Waals surface area (Å²) in [5.74, 6) is -0.0340. The first-order valence-electron chi connectivity index (χ1n) is 8.67. The molecular weight excluding hydrogens is 384 g/mol. The molecule has 0 spiro atoms. The molecule has 0 aliphatic carbocycles. The number of aryl methyl sites for hydroxylation is 1. The molecule has 142 valence electrons. The van der Waals surface area contributed by atoms with Crippen LogP contribution in [0.5, 0.6) is 0 Å². The third-order valence-corrected chi connectivity index (χ3v) is 7.85. The van der Waals surface area contributed by atoms with Gasteiger partial charge in [-0.2, -0.15) is 4.31 Å². The highest BCUT2D eigenvalue weighted by Gasteiger charge is 2.36. The minimum absolute atomic E-state index is 0.0340. The monoisotopic (exact) mass is 404 g/mol. The molecule has 1 N–H and O–H groups in total. The van der Waals surface area contributed by atoms with Crippen LogP contribution in [0.15, 0.2) is 41.6 Å². The lowest BCUT2D eigenvalue weighted by molar-refractivity contribution is 0.0647. The second-order valence-electron chi connectivity index (χ2n) is 6.68. The van der Waals surface area contributed by atoms with E-state index in [1.807, 2.05) is 26.0 Å². The van der Waals surface area contributed by atoms with E-state index in [0.717, 1.165) is 4.88 Å². The SMILES string of the molecule is Cc1ccc(C(=O)N2CCN(S(=O)(=O)c3c[nH]c4ncccc34)[C@@H](C)C2)s1. The van der Waals surface area contributed by atoms with Crippen LogP contribution in [0.3, 0.4) is 0 Å². The van der Waals surface area contributed by atoms with Crippen LogP contribution in [-0.2, 0) is 10.0 Å². The van der Waals surface area contributed by atoms with Crippen LogP contribution in [0.2, 0.25) is 0 Å². The molecule has 27 heavy (non-hydrogen) atoms. The van der Waals surface area contributed by atoms with Crippen molar-refractivity contribution < 1.29 is 13.2 Å². The molecule has 7 nitrogen and oxygen atoms in total. The fourth-order valence-electron chi connectivity index (χ4n) is 3.46. The number of rotatable bonds is 3. The van der Waals surface area contributed by atoms with Gasteiger partial charge in [0.2, 0.25) is 10.0 Å². The van der Waals surface area contributed by atoms with Crippen LogP contribution >= 0.6 is 11.3 Å². The Kier molecular flexibility index (Phi) is 4.53. The molecule has 3 aromatic heterocycles. The van der Waals surface area contributed by atoms with E-state index in [0.29, 0.717) is 29.0 Å². The number of piperazine rings is 1. The molecule has 0 radical (unpaired) electrons. The van der Waals surface area contributed by atoms with Crippen molar-refractivity contribution in [1.82, 2.24) is 19.2 Å². The van der Waals surface area contributed by atoms with Gasteiger partial charge >= 0.3 is 0 Å². The smallest absolute Gasteiger partial charge is 0.264 e. The standard InChI is InChI=1S/C18H20N4O3S2/c1-12-11-21(18(23)15-6-5-13(2)26-15)8-9-22(12)27(24,25)16-10-20-17-14(16)4-3-7-19-17/h3-7,10,12H,8-9,11H2,1-2H3,(H,19,20)/t12-/m0/s1. The molecular formula is C18H20N4O3S2. The molecule has 1 saturated heterocycles. The number of sulfonamides is 1. The minimum Gasteiger partial charge on any atom is -0.345 e. The summed E-state index contributed by atoms with van der Waals surface area (Å²) in [5, 5.41) is 0.581. The number of hydrogen-bond donors (Lipinski definition) is 1. The van der Waals surface area contributed by atoms with Gasteiger partial charge in [-0.3, -0.25) is 4.79 Å². The maximum Gasteiger partial charge on any atom is 0.264 e. The number of carbonyl (C=O) groups excluding carboxylic acids is 1. The van der Waals surface area contributed by atoms with Crippen molar-refractivity contribution in [3.8, 4) is 0 Å². The highest BCUT2D eigenvalue weighted by atomic mass is 32.2. The Morgan fingerprint density at radius 2 is 2.11 bits per heavy atom. The van der Waals surface area contributed by atoms with Crippen LogP contribution in [0.25, 0.3) is 11.0 Å². The van der Waals surface area contributed by atoms with Crippen molar-refractivity contribution in [2.24, 2.45) is 0 Å². The predicted molar refractivity (Wildman–Crippen MR) is 104 cm³/mol. The van der Waals surface area contributed by atoms with Gasteiger partial charge in [-0.25, -0.2) is 13.4 Å². The normalized spacial score (nSPS) is 18.9. The lowest BCUT2D eigenvalue weighted by Gasteiger charge is -2.38. The van der Waals surface area contributed by atoms with Crippen molar-refractivity contribution in [3.05, 3.63) is 46.4 Å². The van der Waals surface area contributed by atoms with Gasteiger partial charge in [0.05, 0.1) is 4.88 Å². The molecule has 1 aliphatic rings. The number of aromatic nitrogens is 2. The van der Waals surface area contributed by atoms with E-state index in [1.54, 1.807) is 23.2 Å². The Bertz CT molecular complexity index is 1100. The van der Waals surface area contributed by atoms with E-state index in [1.165, 1.54) is 21.8 Å². The van der Waals surface area contributed by atoms with Gasteiger partial charge in [-0.15, -0.1) is 11.3 Å². The number of aromatic amines is 1. The van der Waals surface area contributed by atoms with Gasteiger partial charge in [0.15, 0.2) is 0 Å². The van der Waals surface area contributed by atoms with Gasteiger partial charge in [-0.05, 0) is 38.1 Å². The van der Waals surface area contributed by atoms with E-state index in [9.17, 15) is 13.2 Å². The number of fused-ring (bicyclic) bond motifs is 1. The minimum atomic E-state index is -3.68. The molecule has 0 saturated carbocycles. The maximum absolute atomic E-state index is 13.2. The largest absolute Gasteiger partial charge is 0.345 e. The van der Waals surface area contributed by atoms with Crippen LogP contribution in [0, 0.1) is 6.92 Å². The summed E-state index contributed by atoms with van der Waals surface area (Å²) in [4.78, 5) is 23.5. The van der Waals surface area contributed by atoms with E-state index >= 15 is 0 Å². The molecule has 0 aromatic carbocycles. The topological polar surface area (TPSA) is 86.4 Å². The Hall–Kier alpha value is -2.23. The van der Waals surface area contributed by atoms with E-state index < -0.39 is 10.0 Å². The lowest BCUT2D eigenvalue weighted by Crippen LogP contribution is -2.55. The molecule has 0 bridgehead atoms. The molecule has 1 fully saturated rings. The zero-order chi connectivity index (χ0) is 19.2. The fourth-order valence-corrected chi connectivity index (χ4v) is 6.06. The van der Waals surface area contributed by atoms with E-state index in [4.69, 9.17) is 0 Å². The van der Waals surface area contributed by atoms with Gasteiger partial charge in [0, 0.05) is 48.3 Å². The Morgan fingerprint density at radius 3 is 2.81 bits per heavy atom. The molecule has 0 unspecified atom stereocenters. The first-order chi connectivity index (χ1) is 12.9. The maximum atomic E-state index is 13.2.